The van der Waals surface area contributed by atoms with E-state index in [1.165, 1.54) is 321 Å². The van der Waals surface area contributed by atoms with Crippen LogP contribution < -0.4 is 5.32 Å². The zero-order chi connectivity index (χ0) is 52.9. The maximum atomic E-state index is 12.5. The minimum absolute atomic E-state index is 0.0154. The second-order valence-corrected chi connectivity index (χ2v) is 23.5. The fraction of sp³-hybridized carbons (Fsp3) is 0.970. The Morgan fingerprint density at radius 1 is 0.329 bits per heavy atom. The summed E-state index contributed by atoms with van der Waals surface area (Å²) in [6.45, 7) is 4.99. The monoisotopic (exact) mass is 1030 g/mol. The molecule has 0 spiro atoms. The van der Waals surface area contributed by atoms with Gasteiger partial charge in [-0.2, -0.15) is 0 Å². The molecule has 2 atom stereocenters. The van der Waals surface area contributed by atoms with Crippen molar-refractivity contribution >= 4 is 11.9 Å². The van der Waals surface area contributed by atoms with Crippen molar-refractivity contribution in [3.05, 3.63) is 0 Å². The van der Waals surface area contributed by atoms with Crippen LogP contribution in [-0.4, -0.2) is 47.4 Å². The summed E-state index contributed by atoms with van der Waals surface area (Å²) < 4.78 is 5.47. The first-order chi connectivity index (χ1) is 36.0. The number of hydrogen-bond acceptors (Lipinski definition) is 5. The SMILES string of the molecule is CCCCCCCCCCCCCCCCCCCCCCCCC(O)C(CO)NC(=O)CCCCCCCCCCCCCCCCCCCCCCCCCOC(=O)CCCCCCCCCCCCC. The zero-order valence-electron chi connectivity index (χ0n) is 49.9. The van der Waals surface area contributed by atoms with Crippen LogP contribution in [0.1, 0.15) is 393 Å². The molecule has 6 heteroatoms. The van der Waals surface area contributed by atoms with Gasteiger partial charge in [0, 0.05) is 12.8 Å². The highest BCUT2D eigenvalue weighted by atomic mass is 16.5. The van der Waals surface area contributed by atoms with Gasteiger partial charge in [0.15, 0.2) is 0 Å². The third-order valence-electron chi connectivity index (χ3n) is 16.2. The van der Waals surface area contributed by atoms with E-state index in [9.17, 15) is 19.8 Å². The van der Waals surface area contributed by atoms with Crippen LogP contribution in [0.4, 0.5) is 0 Å². The topological polar surface area (TPSA) is 95.9 Å². The Bertz CT molecular complexity index is 1050. The third kappa shape index (κ3) is 60.0. The molecule has 1 amide bonds. The number of esters is 1. The van der Waals surface area contributed by atoms with E-state index in [0.717, 1.165) is 38.5 Å². The van der Waals surface area contributed by atoms with Gasteiger partial charge in [0.2, 0.25) is 5.91 Å². The Labute approximate surface area is 457 Å². The Morgan fingerprint density at radius 2 is 0.562 bits per heavy atom. The molecule has 3 N–H and O–H groups in total. The first-order valence-electron chi connectivity index (χ1n) is 33.8. The average Bonchev–Trinajstić information content (AvgIpc) is 3.39. The van der Waals surface area contributed by atoms with Gasteiger partial charge in [0.25, 0.3) is 0 Å². The average molecular weight is 1030 g/mol. The number of amides is 1. The van der Waals surface area contributed by atoms with Crippen molar-refractivity contribution in [1.29, 1.82) is 0 Å². The molecule has 0 aromatic carbocycles. The van der Waals surface area contributed by atoms with Crippen LogP contribution >= 0.6 is 0 Å². The summed E-state index contributed by atoms with van der Waals surface area (Å²) in [6, 6.07) is -0.541. The van der Waals surface area contributed by atoms with E-state index in [2.05, 4.69) is 19.2 Å². The van der Waals surface area contributed by atoms with Gasteiger partial charge in [-0.1, -0.05) is 354 Å². The van der Waals surface area contributed by atoms with Crippen LogP contribution in [-0.2, 0) is 14.3 Å². The summed E-state index contributed by atoms with van der Waals surface area (Å²) in [4.78, 5) is 24.5. The van der Waals surface area contributed by atoms with Gasteiger partial charge in [0.1, 0.15) is 0 Å². The Kier molecular flexibility index (Phi) is 62.4. The number of ether oxygens (including phenoxy) is 1. The van der Waals surface area contributed by atoms with Crippen LogP contribution in [0.3, 0.4) is 0 Å². The number of rotatable bonds is 64. The van der Waals surface area contributed by atoms with Crippen LogP contribution in [0, 0.1) is 0 Å². The number of carbonyl (C=O) groups is 2. The van der Waals surface area contributed by atoms with Crippen molar-refractivity contribution in [2.75, 3.05) is 13.2 Å². The molecular formula is C67H133NO5. The smallest absolute Gasteiger partial charge is 0.305 e. The predicted octanol–water partition coefficient (Wildman–Crippen LogP) is 21.4. The van der Waals surface area contributed by atoms with Gasteiger partial charge < -0.3 is 20.3 Å². The highest BCUT2D eigenvalue weighted by Crippen LogP contribution is 2.19. The van der Waals surface area contributed by atoms with E-state index >= 15 is 0 Å². The first kappa shape index (κ1) is 71.9. The van der Waals surface area contributed by atoms with Crippen molar-refractivity contribution in [2.24, 2.45) is 0 Å². The molecule has 73 heavy (non-hydrogen) atoms. The second kappa shape index (κ2) is 63.4. The van der Waals surface area contributed by atoms with E-state index in [1.807, 2.05) is 0 Å². The van der Waals surface area contributed by atoms with Crippen molar-refractivity contribution < 1.29 is 24.5 Å². The van der Waals surface area contributed by atoms with Gasteiger partial charge in [-0.05, 0) is 25.7 Å². The number of unbranched alkanes of at least 4 members (excludes halogenated alkanes) is 53. The van der Waals surface area contributed by atoms with E-state index in [1.54, 1.807) is 0 Å². The molecule has 0 bridgehead atoms. The van der Waals surface area contributed by atoms with Crippen molar-refractivity contribution in [1.82, 2.24) is 5.32 Å². The Hall–Kier alpha value is -1.14. The predicted molar refractivity (Wildman–Crippen MR) is 320 cm³/mol. The minimum atomic E-state index is -0.664. The highest BCUT2D eigenvalue weighted by molar-refractivity contribution is 5.76. The zero-order valence-corrected chi connectivity index (χ0v) is 49.9. The Morgan fingerprint density at radius 3 is 0.836 bits per heavy atom. The molecule has 0 saturated carbocycles. The van der Waals surface area contributed by atoms with Crippen LogP contribution in [0.2, 0.25) is 0 Å². The highest BCUT2D eigenvalue weighted by Gasteiger charge is 2.20. The van der Waals surface area contributed by atoms with Gasteiger partial charge in [-0.25, -0.2) is 0 Å². The summed E-state index contributed by atoms with van der Waals surface area (Å²) in [6.07, 6.45) is 75.6. The normalized spacial score (nSPS) is 12.4. The number of hydrogen-bond donors (Lipinski definition) is 3. The number of carbonyl (C=O) groups excluding carboxylic acids is 2. The van der Waals surface area contributed by atoms with E-state index in [4.69, 9.17) is 4.74 Å². The lowest BCUT2D eigenvalue weighted by Gasteiger charge is -2.22. The van der Waals surface area contributed by atoms with Gasteiger partial charge in [-0.15, -0.1) is 0 Å². The molecular weight excluding hydrogens is 899 g/mol. The van der Waals surface area contributed by atoms with Crippen molar-refractivity contribution in [3.63, 3.8) is 0 Å². The van der Waals surface area contributed by atoms with E-state index in [-0.39, 0.29) is 18.5 Å². The van der Waals surface area contributed by atoms with Crippen molar-refractivity contribution in [2.45, 2.75) is 405 Å². The lowest BCUT2D eigenvalue weighted by Crippen LogP contribution is -2.45. The number of nitrogens with one attached hydrogen (secondary N) is 1. The molecule has 0 aromatic heterocycles. The molecule has 0 fully saturated rings. The molecule has 436 valence electrons. The molecule has 0 radical (unpaired) electrons. The molecule has 2 unspecified atom stereocenters. The largest absolute Gasteiger partial charge is 0.466 e. The summed E-state index contributed by atoms with van der Waals surface area (Å²) in [7, 11) is 0. The maximum absolute atomic E-state index is 12.5. The van der Waals surface area contributed by atoms with Crippen LogP contribution in [0.5, 0.6) is 0 Å². The molecule has 0 aliphatic carbocycles. The van der Waals surface area contributed by atoms with Crippen LogP contribution in [0.25, 0.3) is 0 Å². The summed E-state index contributed by atoms with van der Waals surface area (Å²) in [5.41, 5.74) is 0. The Balaban J connectivity index is 3.37. The maximum Gasteiger partial charge on any atom is 0.305 e. The van der Waals surface area contributed by atoms with Crippen LogP contribution in [0.15, 0.2) is 0 Å². The second-order valence-electron chi connectivity index (χ2n) is 23.5. The number of aliphatic hydroxyl groups excluding tert-OH is 2. The fourth-order valence-corrected chi connectivity index (χ4v) is 11.0. The quantitative estimate of drug-likeness (QED) is 0.0417. The molecule has 0 aliphatic heterocycles. The van der Waals surface area contributed by atoms with Gasteiger partial charge in [0.05, 0.1) is 25.4 Å². The first-order valence-corrected chi connectivity index (χ1v) is 33.8. The van der Waals surface area contributed by atoms with Crippen molar-refractivity contribution in [3.8, 4) is 0 Å². The lowest BCUT2D eigenvalue weighted by molar-refractivity contribution is -0.143. The van der Waals surface area contributed by atoms with E-state index < -0.39 is 12.1 Å². The number of aliphatic hydroxyl groups is 2. The third-order valence-corrected chi connectivity index (χ3v) is 16.2. The summed E-state index contributed by atoms with van der Waals surface area (Å²) in [5.74, 6) is -0.0137. The van der Waals surface area contributed by atoms with Gasteiger partial charge >= 0.3 is 5.97 Å². The molecule has 0 heterocycles. The summed E-state index contributed by atoms with van der Waals surface area (Å²) in [5, 5.41) is 23.4. The molecule has 0 aromatic rings. The summed E-state index contributed by atoms with van der Waals surface area (Å²) >= 11 is 0. The van der Waals surface area contributed by atoms with E-state index in [0.29, 0.717) is 25.9 Å². The molecule has 0 saturated heterocycles. The lowest BCUT2D eigenvalue weighted by atomic mass is 10.0. The van der Waals surface area contributed by atoms with Gasteiger partial charge in [-0.3, -0.25) is 9.59 Å². The fourth-order valence-electron chi connectivity index (χ4n) is 11.0. The minimum Gasteiger partial charge on any atom is -0.466 e. The molecule has 6 nitrogen and oxygen atoms in total. The molecule has 0 aliphatic rings. The standard InChI is InChI=1S/C67H133NO5/c1-3-5-7-9-11-13-15-16-17-18-19-20-24-27-30-33-36-40-43-47-51-55-59-65(70)64(63-69)68-66(71)60-56-52-48-44-41-37-34-31-28-25-22-21-23-26-29-32-35-38-42-46-50-54-58-62-73-67(72)61-57-53-49-45-39-14-12-10-8-6-4-2/h64-65,69-70H,3-63H2,1-2H3,(H,68,71). The molecule has 0 rings (SSSR count).